The zero-order chi connectivity index (χ0) is 16.6. The van der Waals surface area contributed by atoms with E-state index in [1.54, 1.807) is 12.1 Å². The molecule has 0 aliphatic carbocycles. The summed E-state index contributed by atoms with van der Waals surface area (Å²) in [6, 6.07) is 3.41. The fraction of sp³-hybridized carbons (Fsp3) is 0.286. The van der Waals surface area contributed by atoms with Gasteiger partial charge in [0.05, 0.1) is 22.4 Å². The lowest BCUT2D eigenvalue weighted by atomic mass is 10.4. The van der Waals surface area contributed by atoms with E-state index in [1.807, 2.05) is 25.5 Å². The zero-order valence-electron chi connectivity index (χ0n) is 12.8. The van der Waals surface area contributed by atoms with E-state index in [2.05, 4.69) is 36.5 Å². The third-order valence-electron chi connectivity index (χ3n) is 3.23. The molecule has 3 aromatic heterocycles. The molecule has 7 nitrogen and oxygen atoms in total. The fourth-order valence-electron chi connectivity index (χ4n) is 2.07. The molecule has 0 aliphatic rings. The van der Waals surface area contributed by atoms with Gasteiger partial charge in [0.25, 0.3) is 5.91 Å². The molecule has 1 amide bonds. The van der Waals surface area contributed by atoms with Crippen LogP contribution in [-0.2, 0) is 6.54 Å². The van der Waals surface area contributed by atoms with Gasteiger partial charge in [0.1, 0.15) is 10.8 Å². The smallest absolute Gasteiger partial charge is 0.293 e. The number of hydrogen-bond donors (Lipinski definition) is 1. The molecular weight excluding hydrogens is 382 g/mol. The van der Waals surface area contributed by atoms with Crippen LogP contribution in [0.25, 0.3) is 0 Å². The van der Waals surface area contributed by atoms with Gasteiger partial charge in [-0.25, -0.2) is 0 Å². The zero-order valence-corrected chi connectivity index (χ0v) is 15.2. The van der Waals surface area contributed by atoms with E-state index in [1.165, 1.54) is 11.3 Å². The van der Waals surface area contributed by atoms with Crippen LogP contribution in [0.5, 0.6) is 0 Å². The lowest BCUT2D eigenvalue weighted by Crippen LogP contribution is -2.10. The van der Waals surface area contributed by atoms with Crippen molar-refractivity contribution >= 4 is 38.3 Å². The second-order valence-corrected chi connectivity index (χ2v) is 6.96. The second-order valence-electron chi connectivity index (χ2n) is 4.99. The van der Waals surface area contributed by atoms with Crippen molar-refractivity contribution in [1.82, 2.24) is 20.0 Å². The Hall–Kier alpha value is -2.00. The molecule has 0 saturated carbocycles. The van der Waals surface area contributed by atoms with Crippen molar-refractivity contribution in [3.05, 3.63) is 44.5 Å². The van der Waals surface area contributed by atoms with E-state index < -0.39 is 0 Å². The number of nitrogens with one attached hydrogen (secondary N) is 1. The number of anilines is 1. The first-order chi connectivity index (χ1) is 10.9. The third kappa shape index (κ3) is 3.35. The topological polar surface area (TPSA) is 85.8 Å². The molecule has 0 aliphatic heterocycles. The van der Waals surface area contributed by atoms with Crippen LogP contribution >= 0.6 is 27.3 Å². The van der Waals surface area contributed by atoms with Gasteiger partial charge in [-0.3, -0.25) is 14.8 Å². The van der Waals surface area contributed by atoms with Gasteiger partial charge in [0, 0.05) is 0 Å². The Bertz CT molecular complexity index is 867. The Morgan fingerprint density at radius 2 is 2.13 bits per heavy atom. The summed E-state index contributed by atoms with van der Waals surface area (Å²) in [6.07, 6.45) is 0. The van der Waals surface area contributed by atoms with Gasteiger partial charge in [0.2, 0.25) is 5.13 Å². The summed E-state index contributed by atoms with van der Waals surface area (Å²) in [4.78, 5) is 12.1. The maximum atomic E-state index is 12.1. The molecule has 0 spiro atoms. The van der Waals surface area contributed by atoms with E-state index in [-0.39, 0.29) is 11.7 Å². The molecule has 3 rings (SSSR count). The van der Waals surface area contributed by atoms with Crippen LogP contribution < -0.4 is 5.32 Å². The molecule has 120 valence electrons. The van der Waals surface area contributed by atoms with E-state index in [0.29, 0.717) is 17.4 Å². The van der Waals surface area contributed by atoms with Crippen molar-refractivity contribution in [2.75, 3.05) is 5.32 Å². The van der Waals surface area contributed by atoms with Gasteiger partial charge in [-0.1, -0.05) is 11.3 Å². The highest BCUT2D eigenvalue weighted by Crippen LogP contribution is 2.21. The Balaban J connectivity index is 1.72. The summed E-state index contributed by atoms with van der Waals surface area (Å²) < 4.78 is 8.41. The SMILES string of the molecule is Cc1nnc(NC(=O)c2ccc(Cn3nc(C)c(Br)c3C)o2)s1. The third-order valence-corrected chi connectivity index (χ3v) is 5.13. The molecule has 3 aromatic rings. The number of aromatic nitrogens is 4. The molecule has 23 heavy (non-hydrogen) atoms. The summed E-state index contributed by atoms with van der Waals surface area (Å²) in [7, 11) is 0. The molecule has 0 radical (unpaired) electrons. The van der Waals surface area contributed by atoms with Crippen molar-refractivity contribution in [2.24, 2.45) is 0 Å². The van der Waals surface area contributed by atoms with Crippen LogP contribution in [0.15, 0.2) is 21.0 Å². The maximum absolute atomic E-state index is 12.1. The van der Waals surface area contributed by atoms with Crippen molar-refractivity contribution in [3.63, 3.8) is 0 Å². The molecule has 0 fully saturated rings. The summed E-state index contributed by atoms with van der Waals surface area (Å²) in [5.41, 5.74) is 1.92. The average molecular weight is 396 g/mol. The Kier molecular flexibility index (Phi) is 4.31. The lowest BCUT2D eigenvalue weighted by molar-refractivity contribution is 0.0994. The average Bonchev–Trinajstić information content (AvgIpc) is 3.18. The van der Waals surface area contributed by atoms with Crippen molar-refractivity contribution < 1.29 is 9.21 Å². The van der Waals surface area contributed by atoms with Gasteiger partial charge in [-0.2, -0.15) is 5.10 Å². The standard InChI is InChI=1S/C14H14BrN5O2S/c1-7-12(15)8(2)20(19-7)6-10-4-5-11(22-10)13(21)16-14-18-17-9(3)23-14/h4-5H,6H2,1-3H3,(H,16,18,21). The van der Waals surface area contributed by atoms with Crippen molar-refractivity contribution in [2.45, 2.75) is 27.3 Å². The normalized spacial score (nSPS) is 11.0. The molecule has 1 N–H and O–H groups in total. The minimum absolute atomic E-state index is 0.230. The molecular formula is C14H14BrN5O2S. The highest BCUT2D eigenvalue weighted by atomic mass is 79.9. The molecule has 0 bridgehead atoms. The number of amides is 1. The second kappa shape index (κ2) is 6.25. The van der Waals surface area contributed by atoms with Crippen LogP contribution in [0.2, 0.25) is 0 Å². The number of furan rings is 1. The Labute approximate surface area is 144 Å². The molecule has 0 saturated heterocycles. The molecule has 0 aromatic carbocycles. The van der Waals surface area contributed by atoms with E-state index >= 15 is 0 Å². The van der Waals surface area contributed by atoms with Gasteiger partial charge < -0.3 is 4.42 Å². The van der Waals surface area contributed by atoms with Crippen LogP contribution in [0.4, 0.5) is 5.13 Å². The number of halogens is 1. The van der Waals surface area contributed by atoms with Gasteiger partial charge in [-0.15, -0.1) is 10.2 Å². The van der Waals surface area contributed by atoms with E-state index in [9.17, 15) is 4.79 Å². The minimum atomic E-state index is -0.345. The Morgan fingerprint density at radius 1 is 1.35 bits per heavy atom. The number of carbonyl (C=O) groups excluding carboxylic acids is 1. The predicted octanol–water partition coefficient (Wildman–Crippen LogP) is 3.32. The van der Waals surface area contributed by atoms with Gasteiger partial charge in [-0.05, 0) is 48.8 Å². The quantitative estimate of drug-likeness (QED) is 0.731. The highest BCUT2D eigenvalue weighted by Gasteiger charge is 2.15. The summed E-state index contributed by atoms with van der Waals surface area (Å²) >= 11 is 4.80. The van der Waals surface area contributed by atoms with Crippen molar-refractivity contribution in [1.29, 1.82) is 0 Å². The summed E-state index contributed by atoms with van der Waals surface area (Å²) in [6.45, 7) is 6.19. The van der Waals surface area contributed by atoms with Crippen LogP contribution in [-0.4, -0.2) is 25.9 Å². The maximum Gasteiger partial charge on any atom is 0.293 e. The molecule has 0 unspecified atom stereocenters. The molecule has 9 heteroatoms. The molecule has 0 atom stereocenters. The fourth-order valence-corrected chi connectivity index (χ4v) is 2.94. The summed E-state index contributed by atoms with van der Waals surface area (Å²) in [5, 5.41) is 16.0. The molecule has 3 heterocycles. The first kappa shape index (κ1) is 15.9. The van der Waals surface area contributed by atoms with E-state index in [0.717, 1.165) is 20.9 Å². The van der Waals surface area contributed by atoms with E-state index in [4.69, 9.17) is 4.42 Å². The van der Waals surface area contributed by atoms with Gasteiger partial charge in [0.15, 0.2) is 5.76 Å². The van der Waals surface area contributed by atoms with Crippen LogP contribution in [0, 0.1) is 20.8 Å². The Morgan fingerprint density at radius 3 is 2.74 bits per heavy atom. The largest absolute Gasteiger partial charge is 0.454 e. The number of nitrogens with zero attached hydrogens (tertiary/aromatic N) is 4. The van der Waals surface area contributed by atoms with Crippen LogP contribution in [0.1, 0.15) is 32.7 Å². The summed E-state index contributed by atoms with van der Waals surface area (Å²) in [5.74, 6) is 0.539. The van der Waals surface area contributed by atoms with Crippen molar-refractivity contribution in [3.8, 4) is 0 Å². The van der Waals surface area contributed by atoms with Crippen LogP contribution in [0.3, 0.4) is 0 Å². The number of rotatable bonds is 4. The number of aryl methyl sites for hydroxylation is 2. The first-order valence-corrected chi connectivity index (χ1v) is 8.44. The number of hydrogen-bond acceptors (Lipinski definition) is 6. The monoisotopic (exact) mass is 395 g/mol. The lowest BCUT2D eigenvalue weighted by Gasteiger charge is -2.01. The van der Waals surface area contributed by atoms with Gasteiger partial charge >= 0.3 is 0 Å². The number of carbonyl (C=O) groups is 1. The predicted molar refractivity (Wildman–Crippen MR) is 89.8 cm³/mol. The highest BCUT2D eigenvalue weighted by molar-refractivity contribution is 9.10. The first-order valence-electron chi connectivity index (χ1n) is 6.83. The minimum Gasteiger partial charge on any atom is -0.454 e.